The summed E-state index contributed by atoms with van der Waals surface area (Å²) in [5.74, 6) is 3.27. The Bertz CT molecular complexity index is 849. The van der Waals surface area contributed by atoms with E-state index < -0.39 is 0 Å². The van der Waals surface area contributed by atoms with E-state index in [1.807, 2.05) is 17.8 Å². The predicted octanol–water partition coefficient (Wildman–Crippen LogP) is 1.44. The molecule has 2 aliphatic heterocycles. The summed E-state index contributed by atoms with van der Waals surface area (Å²) in [5, 5.41) is 13.4. The topological polar surface area (TPSA) is 74.8 Å². The number of rotatable bonds is 3. The number of hydrogen-bond acceptors (Lipinski definition) is 6. The van der Waals surface area contributed by atoms with E-state index in [0.29, 0.717) is 18.0 Å². The zero-order valence-corrected chi connectivity index (χ0v) is 14.0. The Balaban J connectivity index is 1.41. The van der Waals surface area contributed by atoms with E-state index in [1.54, 1.807) is 23.0 Å². The molecule has 0 radical (unpaired) electrons. The van der Waals surface area contributed by atoms with Crippen LogP contribution < -0.4 is 10.5 Å². The molecule has 2 aromatic heterocycles. The van der Waals surface area contributed by atoms with Crippen LogP contribution in [0.2, 0.25) is 0 Å². The average Bonchev–Trinajstić information content (AvgIpc) is 2.58. The van der Waals surface area contributed by atoms with Gasteiger partial charge in [-0.25, -0.2) is 9.67 Å². The molecule has 0 aromatic carbocycles. The van der Waals surface area contributed by atoms with Crippen LogP contribution in [0.5, 0.6) is 0 Å². The third-order valence-electron chi connectivity index (χ3n) is 4.49. The van der Waals surface area contributed by atoms with Gasteiger partial charge in [0.05, 0.1) is 17.8 Å². The Morgan fingerprint density at radius 3 is 3.00 bits per heavy atom. The van der Waals surface area contributed by atoms with Gasteiger partial charge < -0.3 is 4.90 Å². The maximum absolute atomic E-state index is 12.2. The SMILES string of the molecule is N#Cc1ccc(N2CC(Cn3nc4c(cc3=O)CSCC4)C2)nc1. The largest absolute Gasteiger partial charge is 0.356 e. The van der Waals surface area contributed by atoms with E-state index in [4.69, 9.17) is 5.26 Å². The van der Waals surface area contributed by atoms with E-state index in [2.05, 4.69) is 21.1 Å². The van der Waals surface area contributed by atoms with Gasteiger partial charge in [0.15, 0.2) is 0 Å². The molecule has 0 saturated carbocycles. The summed E-state index contributed by atoms with van der Waals surface area (Å²) in [6, 6.07) is 7.48. The van der Waals surface area contributed by atoms with Crippen molar-refractivity contribution in [3.63, 3.8) is 0 Å². The summed E-state index contributed by atoms with van der Waals surface area (Å²) in [7, 11) is 0. The highest BCUT2D eigenvalue weighted by Gasteiger charge is 2.29. The van der Waals surface area contributed by atoms with E-state index in [-0.39, 0.29) is 5.56 Å². The number of anilines is 1. The maximum Gasteiger partial charge on any atom is 0.267 e. The van der Waals surface area contributed by atoms with Crippen molar-refractivity contribution in [2.75, 3.05) is 23.7 Å². The van der Waals surface area contributed by atoms with E-state index in [9.17, 15) is 4.79 Å². The molecule has 0 atom stereocenters. The summed E-state index contributed by atoms with van der Waals surface area (Å²) < 4.78 is 1.63. The normalized spacial score (nSPS) is 17.0. The van der Waals surface area contributed by atoms with Crippen molar-refractivity contribution in [3.05, 3.63) is 51.6 Å². The highest BCUT2D eigenvalue weighted by Crippen LogP contribution is 2.24. The highest BCUT2D eigenvalue weighted by molar-refractivity contribution is 7.98. The molecule has 0 spiro atoms. The molecule has 2 aromatic rings. The second-order valence-electron chi connectivity index (χ2n) is 6.23. The van der Waals surface area contributed by atoms with E-state index in [1.165, 1.54) is 0 Å². The van der Waals surface area contributed by atoms with Crippen molar-refractivity contribution in [1.82, 2.24) is 14.8 Å². The smallest absolute Gasteiger partial charge is 0.267 e. The van der Waals surface area contributed by atoms with Crippen LogP contribution in [0.15, 0.2) is 29.2 Å². The molecule has 0 N–H and O–H groups in total. The van der Waals surface area contributed by atoms with Crippen LogP contribution in [0.1, 0.15) is 16.8 Å². The zero-order chi connectivity index (χ0) is 16.5. The van der Waals surface area contributed by atoms with Gasteiger partial charge in [0.2, 0.25) is 0 Å². The van der Waals surface area contributed by atoms with Gasteiger partial charge in [0.1, 0.15) is 11.9 Å². The number of aryl methyl sites for hydroxylation is 1. The standard InChI is InChI=1S/C17H17N5OS/c18-6-12-1-2-16(19-7-12)21-8-13(9-21)10-22-17(23)5-14-11-24-4-3-15(14)20-22/h1-2,5,7,13H,3-4,8-11H2. The lowest BCUT2D eigenvalue weighted by molar-refractivity contribution is 0.331. The number of pyridine rings is 1. The summed E-state index contributed by atoms with van der Waals surface area (Å²) >= 11 is 1.86. The Kier molecular flexibility index (Phi) is 3.98. The molecular formula is C17H17N5OS. The molecule has 6 nitrogen and oxygen atoms in total. The number of aromatic nitrogens is 3. The Morgan fingerprint density at radius 2 is 2.25 bits per heavy atom. The van der Waals surface area contributed by atoms with Gasteiger partial charge >= 0.3 is 0 Å². The van der Waals surface area contributed by atoms with Gasteiger partial charge in [0.25, 0.3) is 5.56 Å². The van der Waals surface area contributed by atoms with Gasteiger partial charge in [-0.3, -0.25) is 4.79 Å². The van der Waals surface area contributed by atoms with Gasteiger partial charge in [-0.2, -0.15) is 22.1 Å². The molecule has 0 aliphatic carbocycles. The Labute approximate surface area is 144 Å². The molecule has 0 bridgehead atoms. The fourth-order valence-electron chi connectivity index (χ4n) is 3.14. The second-order valence-corrected chi connectivity index (χ2v) is 7.33. The van der Waals surface area contributed by atoms with Crippen molar-refractivity contribution >= 4 is 17.6 Å². The molecular weight excluding hydrogens is 322 g/mol. The molecule has 0 amide bonds. The summed E-state index contributed by atoms with van der Waals surface area (Å²) in [6.45, 7) is 2.38. The monoisotopic (exact) mass is 339 g/mol. The summed E-state index contributed by atoms with van der Waals surface area (Å²) in [6.07, 6.45) is 2.54. The van der Waals surface area contributed by atoms with Crippen molar-refractivity contribution in [2.45, 2.75) is 18.7 Å². The highest BCUT2D eigenvalue weighted by atomic mass is 32.2. The van der Waals surface area contributed by atoms with Gasteiger partial charge in [0, 0.05) is 43.4 Å². The minimum absolute atomic E-state index is 0.00574. The summed E-state index contributed by atoms with van der Waals surface area (Å²) in [4.78, 5) is 18.7. The first kappa shape index (κ1) is 15.2. The fraction of sp³-hybridized carbons (Fsp3) is 0.412. The maximum atomic E-state index is 12.2. The Hall–Kier alpha value is -2.33. The molecule has 4 rings (SSSR count). The molecule has 122 valence electrons. The minimum Gasteiger partial charge on any atom is -0.356 e. The van der Waals surface area contributed by atoms with Crippen LogP contribution >= 0.6 is 11.8 Å². The molecule has 1 saturated heterocycles. The summed E-state index contributed by atoms with van der Waals surface area (Å²) in [5.41, 5.74) is 2.76. The molecule has 2 aliphatic rings. The number of thioether (sulfide) groups is 1. The van der Waals surface area contributed by atoms with Crippen LogP contribution in [0.4, 0.5) is 5.82 Å². The van der Waals surface area contributed by atoms with Crippen LogP contribution in [0.3, 0.4) is 0 Å². The first-order valence-corrected chi connectivity index (χ1v) is 9.17. The van der Waals surface area contributed by atoms with Crippen molar-refractivity contribution in [2.24, 2.45) is 5.92 Å². The zero-order valence-electron chi connectivity index (χ0n) is 13.2. The molecule has 4 heterocycles. The van der Waals surface area contributed by atoms with Gasteiger partial charge in [-0.15, -0.1) is 0 Å². The Morgan fingerprint density at radius 1 is 1.38 bits per heavy atom. The van der Waals surface area contributed by atoms with Crippen LogP contribution in [-0.4, -0.2) is 33.6 Å². The van der Waals surface area contributed by atoms with E-state index >= 15 is 0 Å². The van der Waals surface area contributed by atoms with Crippen molar-refractivity contribution in [1.29, 1.82) is 5.26 Å². The third kappa shape index (κ3) is 2.89. The van der Waals surface area contributed by atoms with Crippen molar-refractivity contribution in [3.8, 4) is 6.07 Å². The lowest BCUT2D eigenvalue weighted by atomic mass is 10.00. The number of fused-ring (bicyclic) bond motifs is 1. The van der Waals surface area contributed by atoms with Crippen LogP contribution in [0.25, 0.3) is 0 Å². The van der Waals surface area contributed by atoms with Crippen molar-refractivity contribution < 1.29 is 0 Å². The average molecular weight is 339 g/mol. The predicted molar refractivity (Wildman–Crippen MR) is 93.0 cm³/mol. The number of hydrogen-bond donors (Lipinski definition) is 0. The van der Waals surface area contributed by atoms with Gasteiger partial charge in [-0.1, -0.05) is 0 Å². The molecule has 0 unspecified atom stereocenters. The number of nitrogens with zero attached hydrogens (tertiary/aromatic N) is 5. The molecule has 24 heavy (non-hydrogen) atoms. The second kappa shape index (κ2) is 6.29. The lowest BCUT2D eigenvalue weighted by Crippen LogP contribution is -2.50. The van der Waals surface area contributed by atoms with Crippen LogP contribution in [-0.2, 0) is 18.7 Å². The lowest BCUT2D eigenvalue weighted by Gasteiger charge is -2.40. The van der Waals surface area contributed by atoms with Gasteiger partial charge in [-0.05, 0) is 23.4 Å². The number of nitriles is 1. The van der Waals surface area contributed by atoms with E-state index in [0.717, 1.165) is 48.1 Å². The van der Waals surface area contributed by atoms with Crippen LogP contribution in [0, 0.1) is 17.2 Å². The first-order chi connectivity index (χ1) is 11.7. The molecule has 1 fully saturated rings. The minimum atomic E-state index is 0.00574. The molecule has 7 heteroatoms. The third-order valence-corrected chi connectivity index (χ3v) is 5.50. The first-order valence-electron chi connectivity index (χ1n) is 8.01. The fourth-order valence-corrected chi connectivity index (χ4v) is 4.09. The quantitative estimate of drug-likeness (QED) is 0.842.